The van der Waals surface area contributed by atoms with Gasteiger partial charge in [0.2, 0.25) is 0 Å². The van der Waals surface area contributed by atoms with Gasteiger partial charge in [0.05, 0.1) is 14.2 Å². The first-order chi connectivity index (χ1) is 10.4. The topological polar surface area (TPSA) is 89.9 Å². The van der Waals surface area contributed by atoms with Gasteiger partial charge in [-0.15, -0.1) is 0 Å². The van der Waals surface area contributed by atoms with E-state index >= 15 is 0 Å². The maximum absolute atomic E-state index is 12.4. The summed E-state index contributed by atoms with van der Waals surface area (Å²) in [5, 5.41) is 0. The van der Waals surface area contributed by atoms with Crippen LogP contribution in [0.3, 0.4) is 0 Å². The van der Waals surface area contributed by atoms with Crippen molar-refractivity contribution >= 4 is 15.9 Å². The molecule has 0 saturated heterocycles. The average molecular weight is 322 g/mol. The molecule has 2 rings (SSSR count). The number of carbonyl (C=O) groups is 1. The SMILES string of the molecule is COc1ccc(C(=O)c2ccc(OC)c(S(=O)(=O)O)c2)cc1. The van der Waals surface area contributed by atoms with Crippen molar-refractivity contribution in [2.24, 2.45) is 0 Å². The van der Waals surface area contributed by atoms with E-state index in [1.807, 2.05) is 0 Å². The zero-order chi connectivity index (χ0) is 16.3. The van der Waals surface area contributed by atoms with Crippen LogP contribution in [0.1, 0.15) is 15.9 Å². The van der Waals surface area contributed by atoms with E-state index in [1.54, 1.807) is 24.3 Å². The molecule has 0 spiro atoms. The van der Waals surface area contributed by atoms with E-state index in [4.69, 9.17) is 9.47 Å². The minimum absolute atomic E-state index is 0.0335. The van der Waals surface area contributed by atoms with Gasteiger partial charge in [-0.25, -0.2) is 0 Å². The van der Waals surface area contributed by atoms with E-state index in [2.05, 4.69) is 0 Å². The monoisotopic (exact) mass is 322 g/mol. The van der Waals surface area contributed by atoms with Gasteiger partial charge < -0.3 is 9.47 Å². The first kappa shape index (κ1) is 16.0. The van der Waals surface area contributed by atoms with Crippen LogP contribution in [0.5, 0.6) is 11.5 Å². The number of ketones is 1. The van der Waals surface area contributed by atoms with E-state index in [0.29, 0.717) is 11.3 Å². The van der Waals surface area contributed by atoms with Crippen LogP contribution in [0.4, 0.5) is 0 Å². The number of hydrogen-bond acceptors (Lipinski definition) is 5. The van der Waals surface area contributed by atoms with Crippen LogP contribution >= 0.6 is 0 Å². The molecule has 0 saturated carbocycles. The van der Waals surface area contributed by atoms with Crippen LogP contribution < -0.4 is 9.47 Å². The number of methoxy groups -OCH3 is 2. The molecular weight excluding hydrogens is 308 g/mol. The summed E-state index contributed by atoms with van der Waals surface area (Å²) in [6.07, 6.45) is 0. The highest BCUT2D eigenvalue weighted by molar-refractivity contribution is 7.86. The summed E-state index contributed by atoms with van der Waals surface area (Å²) in [7, 11) is -1.71. The second-order valence-corrected chi connectivity index (χ2v) is 5.79. The fraction of sp³-hybridized carbons (Fsp3) is 0.133. The van der Waals surface area contributed by atoms with Crippen molar-refractivity contribution in [1.29, 1.82) is 0 Å². The van der Waals surface area contributed by atoms with Crippen LogP contribution in [0, 0.1) is 0 Å². The summed E-state index contributed by atoms with van der Waals surface area (Å²) in [4.78, 5) is 11.9. The molecule has 0 unspecified atom stereocenters. The fourth-order valence-corrected chi connectivity index (χ4v) is 2.61. The molecule has 2 aromatic carbocycles. The fourth-order valence-electron chi connectivity index (χ4n) is 1.93. The molecule has 0 radical (unpaired) electrons. The molecule has 0 heterocycles. The number of carbonyl (C=O) groups excluding carboxylic acids is 1. The summed E-state index contributed by atoms with van der Waals surface area (Å²) >= 11 is 0. The van der Waals surface area contributed by atoms with E-state index in [-0.39, 0.29) is 17.1 Å². The van der Waals surface area contributed by atoms with Crippen LogP contribution in [-0.4, -0.2) is 33.0 Å². The normalized spacial score (nSPS) is 11.0. The van der Waals surface area contributed by atoms with Crippen molar-refractivity contribution in [2.45, 2.75) is 4.90 Å². The molecule has 22 heavy (non-hydrogen) atoms. The third-order valence-corrected chi connectivity index (χ3v) is 3.93. The van der Waals surface area contributed by atoms with Crippen molar-refractivity contribution in [3.05, 3.63) is 53.6 Å². The quantitative estimate of drug-likeness (QED) is 0.670. The Hall–Kier alpha value is -2.38. The van der Waals surface area contributed by atoms with Gasteiger partial charge in [0.15, 0.2) is 5.78 Å². The second-order valence-electron chi connectivity index (χ2n) is 4.40. The van der Waals surface area contributed by atoms with Gasteiger partial charge in [-0.1, -0.05) is 0 Å². The predicted molar refractivity (Wildman–Crippen MR) is 79.2 cm³/mol. The summed E-state index contributed by atoms with van der Waals surface area (Å²) < 4.78 is 41.8. The molecule has 116 valence electrons. The van der Waals surface area contributed by atoms with Crippen LogP contribution in [-0.2, 0) is 10.1 Å². The second kappa shape index (κ2) is 6.17. The van der Waals surface area contributed by atoms with Crippen molar-refractivity contribution in [2.75, 3.05) is 14.2 Å². The number of rotatable bonds is 5. The highest BCUT2D eigenvalue weighted by Gasteiger charge is 2.19. The molecular formula is C15H14O6S. The molecule has 0 fully saturated rings. The Morgan fingerprint density at radius 2 is 1.55 bits per heavy atom. The smallest absolute Gasteiger partial charge is 0.298 e. The standard InChI is InChI=1S/C15H14O6S/c1-20-12-6-3-10(4-7-12)15(16)11-5-8-13(21-2)14(9-11)22(17,18)19/h3-9H,1-2H3,(H,17,18,19). The summed E-state index contributed by atoms with van der Waals surface area (Å²) in [5.74, 6) is 0.189. The molecule has 0 amide bonds. The lowest BCUT2D eigenvalue weighted by atomic mass is 10.0. The van der Waals surface area contributed by atoms with Gasteiger partial charge in [0.25, 0.3) is 10.1 Å². The molecule has 0 atom stereocenters. The Labute approximate surface area is 128 Å². The maximum atomic E-state index is 12.4. The van der Waals surface area contributed by atoms with Crippen molar-refractivity contribution < 1.29 is 27.2 Å². The number of benzene rings is 2. The van der Waals surface area contributed by atoms with Gasteiger partial charge in [-0.2, -0.15) is 8.42 Å². The molecule has 6 nitrogen and oxygen atoms in total. The molecule has 2 aromatic rings. The van der Waals surface area contributed by atoms with Crippen LogP contribution in [0.15, 0.2) is 47.4 Å². The Morgan fingerprint density at radius 1 is 0.955 bits per heavy atom. The highest BCUT2D eigenvalue weighted by atomic mass is 32.2. The van der Waals surface area contributed by atoms with Gasteiger partial charge in [0, 0.05) is 11.1 Å². The minimum atomic E-state index is -4.49. The third kappa shape index (κ3) is 3.26. The molecule has 0 aromatic heterocycles. The van der Waals surface area contributed by atoms with E-state index in [1.165, 1.54) is 26.4 Å². The lowest BCUT2D eigenvalue weighted by Crippen LogP contribution is -2.06. The van der Waals surface area contributed by atoms with E-state index < -0.39 is 15.0 Å². The number of hydrogen-bond donors (Lipinski definition) is 1. The highest BCUT2D eigenvalue weighted by Crippen LogP contribution is 2.26. The maximum Gasteiger partial charge on any atom is 0.298 e. The summed E-state index contributed by atoms with van der Waals surface area (Å²) in [6, 6.07) is 10.2. The zero-order valence-electron chi connectivity index (χ0n) is 11.9. The van der Waals surface area contributed by atoms with Crippen molar-refractivity contribution in [3.63, 3.8) is 0 Å². The van der Waals surface area contributed by atoms with Crippen LogP contribution in [0.25, 0.3) is 0 Å². The van der Waals surface area contributed by atoms with Gasteiger partial charge in [-0.3, -0.25) is 9.35 Å². The first-order valence-electron chi connectivity index (χ1n) is 6.21. The third-order valence-electron chi connectivity index (χ3n) is 3.06. The molecule has 0 aliphatic carbocycles. The summed E-state index contributed by atoms with van der Waals surface area (Å²) in [5.41, 5.74) is 0.492. The zero-order valence-corrected chi connectivity index (χ0v) is 12.8. The summed E-state index contributed by atoms with van der Waals surface area (Å²) in [6.45, 7) is 0. The predicted octanol–water partition coefficient (Wildman–Crippen LogP) is 2.18. The first-order valence-corrected chi connectivity index (χ1v) is 7.65. The van der Waals surface area contributed by atoms with Gasteiger partial charge in [-0.05, 0) is 42.5 Å². The lowest BCUT2D eigenvalue weighted by Gasteiger charge is -2.08. The van der Waals surface area contributed by atoms with Gasteiger partial charge in [0.1, 0.15) is 16.4 Å². The lowest BCUT2D eigenvalue weighted by molar-refractivity contribution is 0.103. The molecule has 0 aliphatic heterocycles. The number of ether oxygens (including phenoxy) is 2. The Morgan fingerprint density at radius 3 is 2.05 bits per heavy atom. The molecule has 7 heteroatoms. The Bertz CT molecular complexity index is 793. The molecule has 0 aliphatic rings. The molecule has 1 N–H and O–H groups in total. The molecule has 0 bridgehead atoms. The largest absolute Gasteiger partial charge is 0.497 e. The average Bonchev–Trinajstić information content (AvgIpc) is 2.52. The van der Waals surface area contributed by atoms with Crippen molar-refractivity contribution in [1.82, 2.24) is 0 Å². The van der Waals surface area contributed by atoms with E-state index in [9.17, 15) is 17.8 Å². The van der Waals surface area contributed by atoms with Crippen molar-refractivity contribution in [3.8, 4) is 11.5 Å². The minimum Gasteiger partial charge on any atom is -0.497 e. The Kier molecular flexibility index (Phi) is 4.48. The van der Waals surface area contributed by atoms with Crippen LogP contribution in [0.2, 0.25) is 0 Å². The van der Waals surface area contributed by atoms with Gasteiger partial charge >= 0.3 is 0 Å². The van der Waals surface area contributed by atoms with E-state index in [0.717, 1.165) is 6.07 Å². The Balaban J connectivity index is 2.45.